The molecule has 1 aliphatic rings. The molecule has 0 aliphatic heterocycles. The number of aromatic nitrogens is 1. The second-order valence-electron chi connectivity index (χ2n) is 5.25. The van der Waals surface area contributed by atoms with Crippen molar-refractivity contribution >= 4 is 0 Å². The molecule has 15 heavy (non-hydrogen) atoms. The van der Waals surface area contributed by atoms with E-state index in [0.29, 0.717) is 0 Å². The highest BCUT2D eigenvalue weighted by Gasteiger charge is 2.26. The van der Waals surface area contributed by atoms with Gasteiger partial charge in [-0.25, -0.2) is 0 Å². The Kier molecular flexibility index (Phi) is 2.63. The third-order valence-electron chi connectivity index (χ3n) is 3.87. The first-order chi connectivity index (χ1) is 7.06. The Labute approximate surface area is 92.5 Å². The number of fused-ring (bicyclic) bond motifs is 1. The summed E-state index contributed by atoms with van der Waals surface area (Å²) in [6.45, 7) is 6.84. The zero-order valence-electron chi connectivity index (χ0n) is 10.1. The summed E-state index contributed by atoms with van der Waals surface area (Å²) in [6.07, 6.45) is 6.95. The molecule has 0 amide bonds. The molecule has 1 aromatic heterocycles. The van der Waals surface area contributed by atoms with E-state index in [9.17, 15) is 0 Å². The van der Waals surface area contributed by atoms with Crippen molar-refractivity contribution in [3.05, 3.63) is 23.5 Å². The van der Waals surface area contributed by atoms with Gasteiger partial charge in [-0.1, -0.05) is 6.92 Å². The molecule has 2 rings (SSSR count). The number of nitrogens with two attached hydrogens (primary N) is 1. The summed E-state index contributed by atoms with van der Waals surface area (Å²) in [7, 11) is 0. The van der Waals surface area contributed by atoms with Crippen LogP contribution in [-0.2, 0) is 12.0 Å². The minimum atomic E-state index is 0.227. The van der Waals surface area contributed by atoms with Crippen LogP contribution in [-0.4, -0.2) is 4.57 Å². The first-order valence-corrected chi connectivity index (χ1v) is 6.02. The van der Waals surface area contributed by atoms with Crippen molar-refractivity contribution < 1.29 is 0 Å². The van der Waals surface area contributed by atoms with Gasteiger partial charge in [0.2, 0.25) is 0 Å². The fourth-order valence-corrected chi connectivity index (χ4v) is 2.46. The molecule has 2 N–H and O–H groups in total. The van der Waals surface area contributed by atoms with E-state index >= 15 is 0 Å². The van der Waals surface area contributed by atoms with Crippen LogP contribution >= 0.6 is 0 Å². The topological polar surface area (TPSA) is 30.9 Å². The van der Waals surface area contributed by atoms with Crippen LogP contribution in [0.2, 0.25) is 0 Å². The van der Waals surface area contributed by atoms with Gasteiger partial charge in [-0.15, -0.1) is 0 Å². The van der Waals surface area contributed by atoms with Crippen LogP contribution in [0.4, 0.5) is 0 Å². The molecule has 0 radical (unpaired) electrons. The van der Waals surface area contributed by atoms with Gasteiger partial charge in [-0.3, -0.25) is 0 Å². The predicted molar refractivity (Wildman–Crippen MR) is 63.9 cm³/mol. The van der Waals surface area contributed by atoms with Crippen molar-refractivity contribution in [1.29, 1.82) is 0 Å². The van der Waals surface area contributed by atoms with E-state index in [4.69, 9.17) is 5.73 Å². The smallest absolute Gasteiger partial charge is 0.0383 e. The Morgan fingerprint density at radius 1 is 1.53 bits per heavy atom. The van der Waals surface area contributed by atoms with Crippen molar-refractivity contribution in [1.82, 2.24) is 4.57 Å². The van der Waals surface area contributed by atoms with E-state index in [1.807, 2.05) is 0 Å². The lowest BCUT2D eigenvalue weighted by atomic mass is 9.92. The van der Waals surface area contributed by atoms with E-state index in [1.54, 1.807) is 0 Å². The summed E-state index contributed by atoms with van der Waals surface area (Å²) < 4.78 is 2.43. The maximum Gasteiger partial charge on any atom is 0.0383 e. The predicted octanol–water partition coefficient (Wildman–Crippen LogP) is 2.97. The summed E-state index contributed by atoms with van der Waals surface area (Å²) in [4.78, 5) is 0. The molecule has 1 aromatic rings. The Bertz CT molecular complexity index is 349. The molecule has 2 heteroatoms. The molecule has 0 saturated carbocycles. The quantitative estimate of drug-likeness (QED) is 0.792. The third-order valence-corrected chi connectivity index (χ3v) is 3.87. The van der Waals surface area contributed by atoms with Gasteiger partial charge in [0.15, 0.2) is 0 Å². The average molecular weight is 206 g/mol. The van der Waals surface area contributed by atoms with E-state index in [0.717, 1.165) is 12.8 Å². The van der Waals surface area contributed by atoms with Crippen molar-refractivity contribution in [2.45, 2.75) is 58.0 Å². The fraction of sp³-hybridized carbons (Fsp3) is 0.692. The lowest BCUT2D eigenvalue weighted by Crippen LogP contribution is -2.28. The Morgan fingerprint density at radius 2 is 2.27 bits per heavy atom. The molecule has 84 valence electrons. The summed E-state index contributed by atoms with van der Waals surface area (Å²) in [5.74, 6) is 0. The van der Waals surface area contributed by atoms with E-state index in [2.05, 4.69) is 37.6 Å². The number of nitrogens with zero attached hydrogens (tertiary/aromatic N) is 1. The summed E-state index contributed by atoms with van der Waals surface area (Å²) >= 11 is 0. The maximum absolute atomic E-state index is 6.13. The molecule has 0 bridgehead atoms. The molecular weight excluding hydrogens is 184 g/mol. The first kappa shape index (κ1) is 10.7. The molecule has 0 aromatic carbocycles. The lowest BCUT2D eigenvalue weighted by Gasteiger charge is -2.30. The largest absolute Gasteiger partial charge is 0.346 e. The van der Waals surface area contributed by atoms with Gasteiger partial charge in [0.05, 0.1) is 0 Å². The SMILES string of the molecule is CCC(C)(C)n1ccc2c1CCCC2N. The Hall–Kier alpha value is -0.760. The number of hydrogen-bond acceptors (Lipinski definition) is 1. The van der Waals surface area contributed by atoms with Crippen molar-refractivity contribution in [3.8, 4) is 0 Å². The molecule has 0 saturated heterocycles. The standard InChI is InChI=1S/C13H22N2/c1-4-13(2,3)15-9-8-10-11(14)6-5-7-12(10)15/h8-9,11H,4-7,14H2,1-3H3. The molecule has 1 heterocycles. The molecule has 0 spiro atoms. The summed E-state index contributed by atoms with van der Waals surface area (Å²) in [5.41, 5.74) is 9.21. The fourth-order valence-electron chi connectivity index (χ4n) is 2.46. The Morgan fingerprint density at radius 3 is 2.93 bits per heavy atom. The second-order valence-corrected chi connectivity index (χ2v) is 5.25. The van der Waals surface area contributed by atoms with Gasteiger partial charge in [0.25, 0.3) is 0 Å². The zero-order valence-corrected chi connectivity index (χ0v) is 10.1. The van der Waals surface area contributed by atoms with Crippen molar-refractivity contribution in [3.63, 3.8) is 0 Å². The van der Waals surface area contributed by atoms with Crippen LogP contribution in [0.25, 0.3) is 0 Å². The number of hydrogen-bond donors (Lipinski definition) is 1. The zero-order chi connectivity index (χ0) is 11.1. The van der Waals surface area contributed by atoms with Crippen LogP contribution < -0.4 is 5.73 Å². The highest BCUT2D eigenvalue weighted by atomic mass is 15.1. The molecular formula is C13H22N2. The van der Waals surface area contributed by atoms with Gasteiger partial charge in [-0.05, 0) is 51.2 Å². The van der Waals surface area contributed by atoms with Gasteiger partial charge in [0, 0.05) is 23.5 Å². The monoisotopic (exact) mass is 206 g/mol. The lowest BCUT2D eigenvalue weighted by molar-refractivity contribution is 0.328. The van der Waals surface area contributed by atoms with Crippen LogP contribution in [0.5, 0.6) is 0 Å². The molecule has 1 aliphatic carbocycles. The summed E-state index contributed by atoms with van der Waals surface area (Å²) in [5, 5.41) is 0. The van der Waals surface area contributed by atoms with Crippen LogP contribution in [0.1, 0.15) is 57.3 Å². The van der Waals surface area contributed by atoms with Crippen LogP contribution in [0.15, 0.2) is 12.3 Å². The van der Waals surface area contributed by atoms with Gasteiger partial charge < -0.3 is 10.3 Å². The van der Waals surface area contributed by atoms with E-state index in [-0.39, 0.29) is 11.6 Å². The molecule has 0 fully saturated rings. The van der Waals surface area contributed by atoms with Crippen molar-refractivity contribution in [2.75, 3.05) is 0 Å². The van der Waals surface area contributed by atoms with Crippen molar-refractivity contribution in [2.24, 2.45) is 5.73 Å². The minimum absolute atomic E-state index is 0.227. The van der Waals surface area contributed by atoms with E-state index in [1.165, 1.54) is 24.1 Å². The van der Waals surface area contributed by atoms with Gasteiger partial charge in [0.1, 0.15) is 0 Å². The maximum atomic E-state index is 6.13. The van der Waals surface area contributed by atoms with Crippen LogP contribution in [0.3, 0.4) is 0 Å². The molecule has 2 nitrogen and oxygen atoms in total. The average Bonchev–Trinajstić information content (AvgIpc) is 2.63. The highest BCUT2D eigenvalue weighted by Crippen LogP contribution is 2.33. The Balaban J connectivity index is 2.43. The normalized spacial score (nSPS) is 21.5. The van der Waals surface area contributed by atoms with Crippen LogP contribution in [0, 0.1) is 0 Å². The van der Waals surface area contributed by atoms with Gasteiger partial charge >= 0.3 is 0 Å². The third kappa shape index (κ3) is 1.71. The number of rotatable bonds is 2. The molecule has 1 atom stereocenters. The minimum Gasteiger partial charge on any atom is -0.346 e. The molecule has 1 unspecified atom stereocenters. The van der Waals surface area contributed by atoms with E-state index < -0.39 is 0 Å². The summed E-state index contributed by atoms with van der Waals surface area (Å²) in [6, 6.07) is 2.49. The highest BCUT2D eigenvalue weighted by molar-refractivity contribution is 5.29. The van der Waals surface area contributed by atoms with Gasteiger partial charge in [-0.2, -0.15) is 0 Å². The second kappa shape index (κ2) is 3.67. The first-order valence-electron chi connectivity index (χ1n) is 6.02.